The van der Waals surface area contributed by atoms with E-state index in [0.717, 1.165) is 35.9 Å². The average molecular weight is 343 g/mol. The lowest BCUT2D eigenvalue weighted by Crippen LogP contribution is -2.62. The third kappa shape index (κ3) is 2.73. The van der Waals surface area contributed by atoms with Crippen LogP contribution in [-0.4, -0.2) is 58.0 Å². The number of hydrogen-bond acceptors (Lipinski definition) is 4. The summed E-state index contributed by atoms with van der Waals surface area (Å²) in [7, 11) is 0. The van der Waals surface area contributed by atoms with Gasteiger partial charge in [-0.25, -0.2) is 0 Å². The van der Waals surface area contributed by atoms with E-state index < -0.39 is 0 Å². The summed E-state index contributed by atoms with van der Waals surface area (Å²) in [6.07, 6.45) is 2.54. The first-order valence-electron chi connectivity index (χ1n) is 9.13. The number of rotatable bonds is 4. The van der Waals surface area contributed by atoms with E-state index >= 15 is 0 Å². The molecule has 2 N–H and O–H groups in total. The molecule has 2 fully saturated rings. The highest BCUT2D eigenvalue weighted by atomic mass is 16.5. The molecule has 1 spiro atoms. The summed E-state index contributed by atoms with van der Waals surface area (Å²) < 4.78 is 5.79. The second kappa shape index (κ2) is 6.42. The van der Waals surface area contributed by atoms with Crippen LogP contribution in [0.5, 0.6) is 0 Å². The first-order valence-corrected chi connectivity index (χ1v) is 9.13. The van der Waals surface area contributed by atoms with Gasteiger partial charge in [0.15, 0.2) is 0 Å². The Balaban J connectivity index is 1.40. The van der Waals surface area contributed by atoms with Crippen LogP contribution < -0.4 is 0 Å². The Morgan fingerprint density at radius 1 is 1.40 bits per heavy atom. The molecule has 6 nitrogen and oxygen atoms in total. The second-order valence-corrected chi connectivity index (χ2v) is 7.21. The van der Waals surface area contributed by atoms with E-state index in [0.29, 0.717) is 26.1 Å². The molecule has 4 rings (SSSR count). The Labute approximate surface area is 147 Å². The van der Waals surface area contributed by atoms with Gasteiger partial charge in [-0.15, -0.1) is 0 Å². The molecule has 0 unspecified atom stereocenters. The van der Waals surface area contributed by atoms with Crippen LogP contribution in [0.1, 0.15) is 31.9 Å². The summed E-state index contributed by atoms with van der Waals surface area (Å²) in [5.41, 5.74) is 1.62. The lowest BCUT2D eigenvalue weighted by molar-refractivity contribution is -0.210. The number of para-hydroxylation sites is 1. The largest absolute Gasteiger partial charge is 0.392 e. The van der Waals surface area contributed by atoms with E-state index in [4.69, 9.17) is 4.74 Å². The van der Waals surface area contributed by atoms with E-state index in [9.17, 15) is 9.90 Å². The predicted octanol–water partition coefficient (Wildman–Crippen LogP) is 1.88. The predicted molar refractivity (Wildman–Crippen MR) is 94.1 cm³/mol. The number of nitrogens with zero attached hydrogens (tertiary/aromatic N) is 2. The van der Waals surface area contributed by atoms with Crippen LogP contribution in [0.15, 0.2) is 24.3 Å². The molecule has 6 heteroatoms. The number of H-pyrrole nitrogens is 1. The van der Waals surface area contributed by atoms with Crippen LogP contribution in [0.3, 0.4) is 0 Å². The van der Waals surface area contributed by atoms with Crippen molar-refractivity contribution in [3.63, 3.8) is 0 Å². The van der Waals surface area contributed by atoms with Crippen molar-refractivity contribution in [1.82, 2.24) is 15.1 Å². The number of ether oxygens (including phenoxy) is 1. The van der Waals surface area contributed by atoms with Crippen LogP contribution in [-0.2, 0) is 16.0 Å². The minimum Gasteiger partial charge on any atom is -0.392 e. The van der Waals surface area contributed by atoms with Gasteiger partial charge in [0.25, 0.3) is 0 Å². The van der Waals surface area contributed by atoms with Gasteiger partial charge in [0.05, 0.1) is 29.8 Å². The average Bonchev–Trinajstić information content (AvgIpc) is 3.05. The SMILES string of the molecule is CCO[C@H]1C[C@H](O)C12CCN(C(=O)Cc1[nH]nc3ccccc13)CC2. The van der Waals surface area contributed by atoms with Gasteiger partial charge in [0, 0.05) is 36.9 Å². The number of aromatic nitrogens is 2. The number of aliphatic hydroxyl groups excluding tert-OH is 1. The molecule has 1 aliphatic heterocycles. The van der Waals surface area contributed by atoms with E-state index in [1.807, 2.05) is 36.1 Å². The summed E-state index contributed by atoms with van der Waals surface area (Å²) in [6, 6.07) is 7.83. The number of piperidine rings is 1. The zero-order valence-electron chi connectivity index (χ0n) is 14.6. The van der Waals surface area contributed by atoms with Crippen molar-refractivity contribution in [1.29, 1.82) is 0 Å². The fourth-order valence-electron chi connectivity index (χ4n) is 4.40. The van der Waals surface area contributed by atoms with E-state index in [-0.39, 0.29) is 23.5 Å². The molecule has 134 valence electrons. The van der Waals surface area contributed by atoms with Crippen LogP contribution in [0, 0.1) is 5.41 Å². The topological polar surface area (TPSA) is 78.5 Å². The van der Waals surface area contributed by atoms with Crippen molar-refractivity contribution in [2.24, 2.45) is 5.41 Å². The number of aromatic amines is 1. The fraction of sp³-hybridized carbons (Fsp3) is 0.579. The van der Waals surface area contributed by atoms with Crippen molar-refractivity contribution in [2.45, 2.75) is 44.8 Å². The minimum absolute atomic E-state index is 0.117. The Bertz CT molecular complexity index is 762. The molecule has 1 saturated heterocycles. The Kier molecular flexibility index (Phi) is 4.25. The number of nitrogens with one attached hydrogen (secondary N) is 1. The van der Waals surface area contributed by atoms with Gasteiger partial charge in [-0.1, -0.05) is 18.2 Å². The molecular weight excluding hydrogens is 318 g/mol. The Morgan fingerprint density at radius 3 is 2.88 bits per heavy atom. The fourth-order valence-corrected chi connectivity index (χ4v) is 4.40. The maximum absolute atomic E-state index is 12.7. The summed E-state index contributed by atoms with van der Waals surface area (Å²) in [5, 5.41) is 18.5. The molecule has 2 aliphatic rings. The van der Waals surface area contributed by atoms with Gasteiger partial charge < -0.3 is 14.7 Å². The lowest BCUT2D eigenvalue weighted by atomic mass is 9.58. The van der Waals surface area contributed by atoms with Crippen molar-refractivity contribution < 1.29 is 14.6 Å². The zero-order valence-corrected chi connectivity index (χ0v) is 14.6. The van der Waals surface area contributed by atoms with Crippen LogP contribution >= 0.6 is 0 Å². The third-order valence-corrected chi connectivity index (χ3v) is 6.03. The van der Waals surface area contributed by atoms with Gasteiger partial charge in [-0.05, 0) is 25.8 Å². The molecule has 1 aliphatic carbocycles. The number of amides is 1. The zero-order chi connectivity index (χ0) is 17.4. The lowest BCUT2D eigenvalue weighted by Gasteiger charge is -2.56. The number of carbonyl (C=O) groups excluding carboxylic acids is 1. The van der Waals surface area contributed by atoms with E-state index in [1.165, 1.54) is 0 Å². The standard InChI is InChI=1S/C19H25N3O3/c1-2-25-17-12-16(23)19(17)7-9-22(10-8-19)18(24)11-15-13-5-3-4-6-14(13)20-21-15/h3-6,16-17,23H,2,7-12H2,1H3,(H,20,21)/t16-,17-/m0/s1. The number of likely N-dealkylation sites (tertiary alicyclic amines) is 1. The highest BCUT2D eigenvalue weighted by molar-refractivity contribution is 5.87. The number of fused-ring (bicyclic) bond motifs is 1. The van der Waals surface area contributed by atoms with Gasteiger partial charge in [0.1, 0.15) is 0 Å². The molecule has 2 heterocycles. The highest BCUT2D eigenvalue weighted by Crippen LogP contribution is 2.50. The number of hydrogen-bond donors (Lipinski definition) is 2. The van der Waals surface area contributed by atoms with Crippen LogP contribution in [0.25, 0.3) is 10.9 Å². The van der Waals surface area contributed by atoms with Gasteiger partial charge in [-0.2, -0.15) is 5.10 Å². The van der Waals surface area contributed by atoms with Gasteiger partial charge in [0.2, 0.25) is 5.91 Å². The van der Waals surface area contributed by atoms with Gasteiger partial charge in [-0.3, -0.25) is 9.89 Å². The van der Waals surface area contributed by atoms with Crippen LogP contribution in [0.4, 0.5) is 0 Å². The molecule has 25 heavy (non-hydrogen) atoms. The molecule has 2 atom stereocenters. The molecule has 0 bridgehead atoms. The number of benzene rings is 1. The van der Waals surface area contributed by atoms with Crippen molar-refractivity contribution >= 4 is 16.8 Å². The molecule has 2 aromatic rings. The monoisotopic (exact) mass is 343 g/mol. The van der Waals surface area contributed by atoms with Crippen LogP contribution in [0.2, 0.25) is 0 Å². The molecule has 1 saturated carbocycles. The van der Waals surface area contributed by atoms with Crippen molar-refractivity contribution in [3.05, 3.63) is 30.0 Å². The first kappa shape index (κ1) is 16.5. The van der Waals surface area contributed by atoms with Crippen molar-refractivity contribution in [3.8, 4) is 0 Å². The van der Waals surface area contributed by atoms with Crippen molar-refractivity contribution in [2.75, 3.05) is 19.7 Å². The maximum atomic E-state index is 12.7. The Hall–Kier alpha value is -1.92. The summed E-state index contributed by atoms with van der Waals surface area (Å²) in [4.78, 5) is 14.6. The summed E-state index contributed by atoms with van der Waals surface area (Å²) in [6.45, 7) is 4.04. The van der Waals surface area contributed by atoms with E-state index in [1.54, 1.807) is 0 Å². The molecular formula is C19H25N3O3. The quantitative estimate of drug-likeness (QED) is 0.888. The molecule has 1 amide bonds. The number of carbonyl (C=O) groups is 1. The normalized spacial score (nSPS) is 25.3. The minimum atomic E-state index is -0.294. The van der Waals surface area contributed by atoms with Gasteiger partial charge >= 0.3 is 0 Å². The highest BCUT2D eigenvalue weighted by Gasteiger charge is 2.56. The molecule has 1 aromatic heterocycles. The molecule has 1 aromatic carbocycles. The first-order chi connectivity index (χ1) is 12.1. The molecule has 0 radical (unpaired) electrons. The summed E-state index contributed by atoms with van der Waals surface area (Å²) in [5.74, 6) is 0.117. The maximum Gasteiger partial charge on any atom is 0.228 e. The second-order valence-electron chi connectivity index (χ2n) is 7.21. The van der Waals surface area contributed by atoms with E-state index in [2.05, 4.69) is 10.2 Å². The summed E-state index contributed by atoms with van der Waals surface area (Å²) >= 11 is 0. The third-order valence-electron chi connectivity index (χ3n) is 6.03. The Morgan fingerprint density at radius 2 is 2.16 bits per heavy atom. The number of aliphatic hydroxyl groups is 1. The smallest absolute Gasteiger partial charge is 0.228 e.